The summed E-state index contributed by atoms with van der Waals surface area (Å²) in [6.07, 6.45) is 1.43. The second-order valence-electron chi connectivity index (χ2n) is 2.56. The number of para-hydroxylation sites is 1. The number of benzene rings is 1. The lowest BCUT2D eigenvalue weighted by atomic mass is 10.2. The first-order chi connectivity index (χ1) is 6.20. The van der Waals surface area contributed by atoms with E-state index in [4.69, 9.17) is 11.6 Å². The lowest BCUT2D eigenvalue weighted by Crippen LogP contribution is -1.85. The molecule has 4 heteroatoms. The molecule has 0 saturated carbocycles. The third-order valence-corrected chi connectivity index (χ3v) is 3.11. The number of pyridine rings is 1. The van der Waals surface area contributed by atoms with E-state index >= 15 is 0 Å². The molecule has 0 amide bonds. The number of aromatic nitrogens is 1. The van der Waals surface area contributed by atoms with Crippen LogP contribution in [-0.4, -0.2) is 4.98 Å². The topological polar surface area (TPSA) is 12.9 Å². The Hall–Kier alpha value is -0.670. The van der Waals surface area contributed by atoms with Crippen LogP contribution in [0.2, 0.25) is 5.02 Å². The maximum absolute atomic E-state index is 13.2. The van der Waals surface area contributed by atoms with E-state index in [1.165, 1.54) is 12.3 Å². The Bertz CT molecular complexity index is 472. The van der Waals surface area contributed by atoms with E-state index in [-0.39, 0.29) is 5.82 Å². The van der Waals surface area contributed by atoms with Gasteiger partial charge in [0.25, 0.3) is 0 Å². The predicted molar refractivity (Wildman–Crippen MR) is 54.4 cm³/mol. The van der Waals surface area contributed by atoms with Gasteiger partial charge in [-0.1, -0.05) is 23.7 Å². The molecule has 1 aromatic carbocycles. The maximum Gasteiger partial charge on any atom is 0.149 e. The number of hydrogen-bond donors (Lipinski definition) is 0. The molecule has 2 aromatic rings. The molecule has 1 heterocycles. The van der Waals surface area contributed by atoms with Crippen LogP contribution in [0, 0.1) is 5.82 Å². The van der Waals surface area contributed by atoms with E-state index in [1.807, 2.05) is 0 Å². The van der Waals surface area contributed by atoms with Crippen LogP contribution in [-0.2, 0) is 0 Å². The molecule has 0 unspecified atom stereocenters. The highest BCUT2D eigenvalue weighted by Gasteiger charge is 2.06. The first-order valence-electron chi connectivity index (χ1n) is 3.58. The van der Waals surface area contributed by atoms with Crippen molar-refractivity contribution < 1.29 is 4.39 Å². The van der Waals surface area contributed by atoms with Gasteiger partial charge in [-0.15, -0.1) is 0 Å². The quantitative estimate of drug-likeness (QED) is 0.702. The minimum absolute atomic E-state index is 0.332. The van der Waals surface area contributed by atoms with E-state index in [2.05, 4.69) is 20.9 Å². The second kappa shape index (κ2) is 3.24. The van der Waals surface area contributed by atoms with Gasteiger partial charge in [-0.05, 0) is 22.0 Å². The van der Waals surface area contributed by atoms with Crippen LogP contribution in [0.25, 0.3) is 10.9 Å². The first-order valence-corrected chi connectivity index (χ1v) is 4.75. The molecule has 0 saturated heterocycles. The third kappa shape index (κ3) is 1.42. The van der Waals surface area contributed by atoms with Gasteiger partial charge < -0.3 is 0 Å². The number of nitrogens with zero attached hydrogens (tertiary/aromatic N) is 1. The molecule has 13 heavy (non-hydrogen) atoms. The van der Waals surface area contributed by atoms with Crippen molar-refractivity contribution in [3.8, 4) is 0 Å². The molecular formula is C9H4BrClFN. The number of halogens is 3. The van der Waals surface area contributed by atoms with Gasteiger partial charge in [-0.2, -0.15) is 0 Å². The van der Waals surface area contributed by atoms with Crippen LogP contribution >= 0.6 is 27.5 Å². The fraction of sp³-hybridized carbons (Fsp3) is 0. The molecule has 0 atom stereocenters. The molecule has 0 radical (unpaired) electrons. The van der Waals surface area contributed by atoms with Gasteiger partial charge >= 0.3 is 0 Å². The van der Waals surface area contributed by atoms with Crippen LogP contribution < -0.4 is 0 Å². The maximum atomic E-state index is 13.2. The number of rotatable bonds is 0. The normalized spacial score (nSPS) is 10.7. The van der Waals surface area contributed by atoms with Crippen molar-refractivity contribution in [2.75, 3.05) is 0 Å². The Balaban J connectivity index is 2.94. The fourth-order valence-electron chi connectivity index (χ4n) is 1.13. The Morgan fingerprint density at radius 2 is 2.15 bits per heavy atom. The third-order valence-electron chi connectivity index (χ3n) is 1.74. The van der Waals surface area contributed by atoms with Gasteiger partial charge in [0, 0.05) is 16.1 Å². The molecule has 0 aliphatic heterocycles. The highest BCUT2D eigenvalue weighted by Crippen LogP contribution is 2.30. The van der Waals surface area contributed by atoms with E-state index in [9.17, 15) is 4.39 Å². The Morgan fingerprint density at radius 1 is 1.38 bits per heavy atom. The van der Waals surface area contributed by atoms with Gasteiger partial charge in [-0.25, -0.2) is 4.39 Å². The van der Waals surface area contributed by atoms with E-state index < -0.39 is 0 Å². The molecule has 0 spiro atoms. The molecule has 2 rings (SSSR count). The van der Waals surface area contributed by atoms with Crippen LogP contribution in [0.4, 0.5) is 4.39 Å². The smallest absolute Gasteiger partial charge is 0.149 e. The van der Waals surface area contributed by atoms with Crippen molar-refractivity contribution in [2.24, 2.45) is 0 Å². The van der Waals surface area contributed by atoms with Gasteiger partial charge in [-0.3, -0.25) is 4.98 Å². The van der Waals surface area contributed by atoms with Crippen molar-refractivity contribution in [1.29, 1.82) is 0 Å². The Kier molecular flexibility index (Phi) is 2.22. The molecule has 66 valence electrons. The van der Waals surface area contributed by atoms with Crippen LogP contribution in [0.3, 0.4) is 0 Å². The summed E-state index contributed by atoms with van der Waals surface area (Å²) in [4.78, 5) is 3.90. The molecule has 0 aliphatic rings. The predicted octanol–water partition coefficient (Wildman–Crippen LogP) is 3.79. The monoisotopic (exact) mass is 259 g/mol. The molecular weight excluding hydrogens is 256 g/mol. The summed E-state index contributed by atoms with van der Waals surface area (Å²) in [5.41, 5.74) is 0.332. The summed E-state index contributed by atoms with van der Waals surface area (Å²) in [6, 6.07) is 4.76. The SMILES string of the molecule is Fc1cccc2c(Br)c(Cl)cnc12. The van der Waals surface area contributed by atoms with Crippen LogP contribution in [0.15, 0.2) is 28.9 Å². The minimum atomic E-state index is -0.338. The zero-order chi connectivity index (χ0) is 9.42. The zero-order valence-corrected chi connectivity index (χ0v) is 8.73. The van der Waals surface area contributed by atoms with E-state index in [0.29, 0.717) is 20.4 Å². The highest BCUT2D eigenvalue weighted by atomic mass is 79.9. The van der Waals surface area contributed by atoms with E-state index in [0.717, 1.165) is 0 Å². The van der Waals surface area contributed by atoms with E-state index in [1.54, 1.807) is 12.1 Å². The summed E-state index contributed by atoms with van der Waals surface area (Å²) < 4.78 is 13.9. The van der Waals surface area contributed by atoms with Gasteiger partial charge in [0.1, 0.15) is 11.3 Å². The van der Waals surface area contributed by atoms with Crippen LogP contribution in [0.5, 0.6) is 0 Å². The number of hydrogen-bond acceptors (Lipinski definition) is 1. The summed E-state index contributed by atoms with van der Waals surface area (Å²) in [6.45, 7) is 0. The van der Waals surface area contributed by atoms with Crippen molar-refractivity contribution in [1.82, 2.24) is 4.98 Å². The molecule has 0 bridgehead atoms. The molecule has 0 aliphatic carbocycles. The molecule has 1 nitrogen and oxygen atoms in total. The summed E-state index contributed by atoms with van der Waals surface area (Å²) in [5, 5.41) is 1.17. The second-order valence-corrected chi connectivity index (χ2v) is 3.76. The minimum Gasteiger partial charge on any atom is -0.252 e. The zero-order valence-electron chi connectivity index (χ0n) is 6.39. The molecule has 1 aromatic heterocycles. The van der Waals surface area contributed by atoms with Gasteiger partial charge in [0.05, 0.1) is 5.02 Å². The molecule has 0 N–H and O–H groups in total. The average molecular weight is 260 g/mol. The first kappa shape index (κ1) is 8.91. The highest BCUT2D eigenvalue weighted by molar-refractivity contribution is 9.10. The summed E-state index contributed by atoms with van der Waals surface area (Å²) in [5.74, 6) is -0.338. The van der Waals surface area contributed by atoms with Crippen LogP contribution in [0.1, 0.15) is 0 Å². The Labute approximate surface area is 87.7 Å². The van der Waals surface area contributed by atoms with Crippen molar-refractivity contribution in [3.63, 3.8) is 0 Å². The average Bonchev–Trinajstić information content (AvgIpc) is 2.12. The van der Waals surface area contributed by atoms with Gasteiger partial charge in [0.2, 0.25) is 0 Å². The fourth-order valence-corrected chi connectivity index (χ4v) is 1.70. The van der Waals surface area contributed by atoms with Crippen molar-refractivity contribution in [3.05, 3.63) is 39.7 Å². The Morgan fingerprint density at radius 3 is 2.92 bits per heavy atom. The van der Waals surface area contributed by atoms with Crippen molar-refractivity contribution >= 4 is 38.4 Å². The number of fused-ring (bicyclic) bond motifs is 1. The lowest BCUT2D eigenvalue weighted by Gasteiger charge is -2.01. The largest absolute Gasteiger partial charge is 0.252 e. The molecule has 0 fully saturated rings. The summed E-state index contributed by atoms with van der Waals surface area (Å²) in [7, 11) is 0. The standard InChI is InChI=1S/C9H4BrClFN/c10-8-5-2-1-3-7(12)9(5)13-4-6(8)11/h1-4H. The van der Waals surface area contributed by atoms with Crippen molar-refractivity contribution in [2.45, 2.75) is 0 Å². The summed E-state index contributed by atoms with van der Waals surface area (Å²) >= 11 is 9.08. The lowest BCUT2D eigenvalue weighted by molar-refractivity contribution is 0.637. The van der Waals surface area contributed by atoms with Gasteiger partial charge in [0.15, 0.2) is 0 Å².